The first-order valence-electron chi connectivity index (χ1n) is 11.3. The van der Waals surface area contributed by atoms with E-state index in [2.05, 4.69) is 15.3 Å². The molecule has 1 fully saturated rings. The number of hydrogen-bond donors (Lipinski definition) is 2. The molecule has 0 aliphatic carbocycles. The Bertz CT molecular complexity index is 1500. The van der Waals surface area contributed by atoms with E-state index in [-0.39, 0.29) is 42.8 Å². The Kier molecular flexibility index (Phi) is 6.61. The lowest BCUT2D eigenvalue weighted by Crippen LogP contribution is -2.48. The Hall–Kier alpha value is -2.82. The van der Waals surface area contributed by atoms with Crippen molar-refractivity contribution < 1.29 is 17.6 Å². The minimum atomic E-state index is -2.98. The average Bonchev–Trinajstić information content (AvgIpc) is 3.36. The van der Waals surface area contributed by atoms with Crippen LogP contribution in [0.25, 0.3) is 11.0 Å². The molecule has 4 aromatic rings. The van der Waals surface area contributed by atoms with Crippen LogP contribution in [0, 0.1) is 17.6 Å². The molecule has 0 spiro atoms. The van der Waals surface area contributed by atoms with Gasteiger partial charge in [-0.1, -0.05) is 29.3 Å². The van der Waals surface area contributed by atoms with Gasteiger partial charge in [-0.05, 0) is 42.8 Å². The van der Waals surface area contributed by atoms with E-state index in [1.54, 1.807) is 24.4 Å². The molecule has 0 bridgehead atoms. The molecule has 0 saturated carbocycles. The van der Waals surface area contributed by atoms with Crippen LogP contribution in [0.15, 0.2) is 41.3 Å². The smallest absolute Gasteiger partial charge is 0.328 e. The summed E-state index contributed by atoms with van der Waals surface area (Å²) >= 11 is 12.3. The summed E-state index contributed by atoms with van der Waals surface area (Å²) in [5.41, 5.74) is 0.729. The molecule has 2 aromatic heterocycles. The largest absolute Gasteiger partial charge is 0.340 e. The van der Waals surface area contributed by atoms with Crippen molar-refractivity contribution >= 4 is 34.2 Å². The molecule has 1 aliphatic heterocycles. The number of halogens is 6. The van der Waals surface area contributed by atoms with E-state index >= 15 is 0 Å². The summed E-state index contributed by atoms with van der Waals surface area (Å²) in [4.78, 5) is 20.3. The second kappa shape index (κ2) is 9.57. The highest BCUT2D eigenvalue weighted by atomic mass is 35.5. The highest BCUT2D eigenvalue weighted by Crippen LogP contribution is 2.31. The Morgan fingerprint density at radius 1 is 1.17 bits per heavy atom. The molecule has 6 nitrogen and oxygen atoms in total. The maximum atomic E-state index is 14.6. The molecule has 1 aliphatic rings. The van der Waals surface area contributed by atoms with E-state index in [0.29, 0.717) is 27.8 Å². The van der Waals surface area contributed by atoms with Gasteiger partial charge in [0.2, 0.25) is 0 Å². The number of benzene rings is 2. The summed E-state index contributed by atoms with van der Waals surface area (Å²) in [5.74, 6) is -5.91. The summed E-state index contributed by atoms with van der Waals surface area (Å²) in [6.45, 7) is -0.297. The van der Waals surface area contributed by atoms with Crippen LogP contribution in [0.4, 0.5) is 17.6 Å². The van der Waals surface area contributed by atoms with Crippen molar-refractivity contribution in [3.63, 3.8) is 0 Å². The first kappa shape index (κ1) is 24.9. The van der Waals surface area contributed by atoms with E-state index in [1.807, 2.05) is 0 Å². The zero-order valence-electron chi connectivity index (χ0n) is 18.8. The van der Waals surface area contributed by atoms with E-state index in [1.165, 1.54) is 15.2 Å². The van der Waals surface area contributed by atoms with Gasteiger partial charge in [0.25, 0.3) is 5.92 Å². The Balaban J connectivity index is 1.53. The fraction of sp³-hybridized carbons (Fsp3) is 0.333. The highest BCUT2D eigenvalue weighted by molar-refractivity contribution is 6.35. The number of nitrogens with one attached hydrogen (secondary N) is 2. The lowest BCUT2D eigenvalue weighted by atomic mass is 9.93. The second-order valence-corrected chi connectivity index (χ2v) is 9.76. The van der Waals surface area contributed by atoms with Crippen molar-refractivity contribution in [3.05, 3.63) is 85.8 Å². The highest BCUT2D eigenvalue weighted by Gasteiger charge is 2.42. The third kappa shape index (κ3) is 4.77. The molecule has 36 heavy (non-hydrogen) atoms. The summed E-state index contributed by atoms with van der Waals surface area (Å²) < 4.78 is 59.5. The number of alkyl halides is 2. The van der Waals surface area contributed by atoms with Crippen LogP contribution in [0.1, 0.15) is 23.5 Å². The minimum Gasteiger partial charge on any atom is -0.340 e. The summed E-state index contributed by atoms with van der Waals surface area (Å²) in [6, 6.07) is 7.28. The average molecular weight is 542 g/mol. The second-order valence-electron chi connectivity index (χ2n) is 8.92. The Morgan fingerprint density at radius 2 is 1.97 bits per heavy atom. The molecular weight excluding hydrogens is 521 g/mol. The molecule has 0 amide bonds. The van der Waals surface area contributed by atoms with Crippen LogP contribution < -0.4 is 11.0 Å². The van der Waals surface area contributed by atoms with Crippen LogP contribution in [0.2, 0.25) is 10.0 Å². The molecule has 1 atom stereocenters. The predicted molar refractivity (Wildman–Crippen MR) is 129 cm³/mol. The standard InChI is InChI=1S/C24H21Cl2F4N5O/c25-15-2-1-13(17(26)8-15)7-16-10-34(11-20-32-19-4-3-18(27)21(28)22(19)33-20)23(36)35(16)9-14-5-6-31-12-24(14,29)30/h1-4,8,10,14,31H,5-7,9,11-12H2,(H,32,33). The summed E-state index contributed by atoms with van der Waals surface area (Å²) in [5, 5.41) is 3.52. The molecule has 1 unspecified atom stereocenters. The number of aromatic amines is 1. The van der Waals surface area contributed by atoms with Gasteiger partial charge >= 0.3 is 5.69 Å². The van der Waals surface area contributed by atoms with Crippen LogP contribution in [0.3, 0.4) is 0 Å². The number of rotatable bonds is 6. The van der Waals surface area contributed by atoms with Gasteiger partial charge in [-0.25, -0.2) is 27.3 Å². The van der Waals surface area contributed by atoms with Crippen LogP contribution in [-0.4, -0.2) is 38.1 Å². The maximum Gasteiger partial charge on any atom is 0.328 e. The van der Waals surface area contributed by atoms with E-state index in [0.717, 1.165) is 6.07 Å². The zero-order valence-corrected chi connectivity index (χ0v) is 20.3. The van der Waals surface area contributed by atoms with Gasteiger partial charge in [0.15, 0.2) is 11.6 Å². The van der Waals surface area contributed by atoms with Gasteiger partial charge in [-0.2, -0.15) is 0 Å². The summed E-state index contributed by atoms with van der Waals surface area (Å²) in [6.07, 6.45) is 1.96. The molecule has 0 radical (unpaired) electrons. The fourth-order valence-corrected chi connectivity index (χ4v) is 5.00. The van der Waals surface area contributed by atoms with Crippen LogP contribution in [-0.2, 0) is 19.5 Å². The van der Waals surface area contributed by atoms with E-state index in [4.69, 9.17) is 23.2 Å². The molecule has 3 heterocycles. The van der Waals surface area contributed by atoms with Crippen LogP contribution >= 0.6 is 23.2 Å². The number of hydrogen-bond acceptors (Lipinski definition) is 3. The van der Waals surface area contributed by atoms with E-state index in [9.17, 15) is 22.4 Å². The summed E-state index contributed by atoms with van der Waals surface area (Å²) in [7, 11) is 0. The first-order valence-corrected chi connectivity index (χ1v) is 12.0. The molecule has 190 valence electrons. The quantitative estimate of drug-likeness (QED) is 0.338. The molecule has 5 rings (SSSR count). The lowest BCUT2D eigenvalue weighted by molar-refractivity contribution is -0.0792. The topological polar surface area (TPSA) is 67.6 Å². The van der Waals surface area contributed by atoms with Gasteiger partial charge in [-0.15, -0.1) is 0 Å². The Morgan fingerprint density at radius 3 is 2.72 bits per heavy atom. The number of H-pyrrole nitrogens is 1. The van der Waals surface area contributed by atoms with Crippen molar-refractivity contribution in [2.24, 2.45) is 5.92 Å². The molecule has 1 saturated heterocycles. The number of aromatic nitrogens is 4. The van der Waals surface area contributed by atoms with Crippen molar-refractivity contribution in [3.8, 4) is 0 Å². The van der Waals surface area contributed by atoms with E-state index < -0.39 is 35.7 Å². The first-order chi connectivity index (χ1) is 17.1. The van der Waals surface area contributed by atoms with Crippen molar-refractivity contribution in [1.29, 1.82) is 0 Å². The third-order valence-electron chi connectivity index (χ3n) is 6.46. The Labute approximate surface area is 212 Å². The van der Waals surface area contributed by atoms with Crippen LogP contribution in [0.5, 0.6) is 0 Å². The van der Waals surface area contributed by atoms with Gasteiger partial charge in [-0.3, -0.25) is 9.13 Å². The predicted octanol–water partition coefficient (Wildman–Crippen LogP) is 5.00. The number of imidazole rings is 2. The van der Waals surface area contributed by atoms with Gasteiger partial charge < -0.3 is 10.3 Å². The monoisotopic (exact) mass is 541 g/mol. The molecule has 12 heteroatoms. The number of piperidine rings is 1. The maximum absolute atomic E-state index is 14.6. The fourth-order valence-electron chi connectivity index (χ4n) is 4.53. The third-order valence-corrected chi connectivity index (χ3v) is 7.05. The molecular formula is C24H21Cl2F4N5O. The van der Waals surface area contributed by atoms with Gasteiger partial charge in [0.05, 0.1) is 18.6 Å². The van der Waals surface area contributed by atoms with Gasteiger partial charge in [0.1, 0.15) is 11.3 Å². The number of nitrogens with zero attached hydrogens (tertiary/aromatic N) is 3. The number of fused-ring (bicyclic) bond motifs is 1. The van der Waals surface area contributed by atoms with Crippen molar-refractivity contribution in [2.45, 2.75) is 31.9 Å². The minimum absolute atomic E-state index is 0.0917. The molecule has 2 N–H and O–H groups in total. The van der Waals surface area contributed by atoms with Gasteiger partial charge in [0, 0.05) is 40.8 Å². The molecule has 2 aromatic carbocycles. The SMILES string of the molecule is O=c1n(Cc2nc3c(F)c(F)ccc3[nH]2)cc(Cc2ccc(Cl)cc2Cl)n1CC1CCNCC1(F)F. The normalized spacial score (nSPS) is 17.7. The van der Waals surface area contributed by atoms with Crippen molar-refractivity contribution in [1.82, 2.24) is 24.4 Å². The zero-order chi connectivity index (χ0) is 25.6. The van der Waals surface area contributed by atoms with Crippen molar-refractivity contribution in [2.75, 3.05) is 13.1 Å². The lowest BCUT2D eigenvalue weighted by Gasteiger charge is -2.32.